The summed E-state index contributed by atoms with van der Waals surface area (Å²) in [6, 6.07) is 2.46. The van der Waals surface area contributed by atoms with E-state index in [0.29, 0.717) is 48.9 Å². The highest BCUT2D eigenvalue weighted by molar-refractivity contribution is 5.96. The number of hydroxylamine groups is 2. The van der Waals surface area contributed by atoms with E-state index in [9.17, 15) is 24.3 Å². The second-order valence-corrected chi connectivity index (χ2v) is 10.5. The molecule has 1 aromatic rings. The number of methoxy groups -OCH3 is 1. The quantitative estimate of drug-likeness (QED) is 0.348. The average molecular weight is 577 g/mol. The molecular weight excluding hydrogens is 536 g/mol. The Kier molecular flexibility index (Phi) is 9.92. The number of hydrogen-bond donors (Lipinski definition) is 1. The van der Waals surface area contributed by atoms with Gasteiger partial charge in [-0.3, -0.25) is 29.0 Å². The smallest absolute Gasteiger partial charge is 0.326 e. The number of carbonyl (C=O) groups is 4. The Morgan fingerprint density at radius 2 is 1.95 bits per heavy atom. The van der Waals surface area contributed by atoms with Gasteiger partial charge in [0.25, 0.3) is 5.91 Å². The summed E-state index contributed by atoms with van der Waals surface area (Å²) in [5.74, 6) is -1.71. The molecule has 1 aromatic carbocycles. The van der Waals surface area contributed by atoms with Gasteiger partial charge in [-0.15, -0.1) is 0 Å². The zero-order chi connectivity index (χ0) is 29.7. The molecule has 13 nitrogen and oxygen atoms in total. The van der Waals surface area contributed by atoms with Crippen molar-refractivity contribution in [3.8, 4) is 17.2 Å². The van der Waals surface area contributed by atoms with Crippen molar-refractivity contribution in [3.05, 3.63) is 17.7 Å². The van der Waals surface area contributed by atoms with Crippen molar-refractivity contribution < 1.29 is 43.3 Å². The van der Waals surface area contributed by atoms with E-state index in [2.05, 4.69) is 0 Å². The number of fused-ring (bicyclic) bond motifs is 1. The summed E-state index contributed by atoms with van der Waals surface area (Å²) in [4.78, 5) is 61.7. The van der Waals surface area contributed by atoms with Crippen molar-refractivity contribution in [2.75, 3.05) is 60.3 Å². The summed E-state index contributed by atoms with van der Waals surface area (Å²) in [6.45, 7) is 5.30. The summed E-state index contributed by atoms with van der Waals surface area (Å²) in [5.41, 5.74) is 0.677. The first-order valence-corrected chi connectivity index (χ1v) is 14.1. The molecule has 3 heterocycles. The Bertz CT molecular complexity index is 1150. The second-order valence-electron chi connectivity index (χ2n) is 10.5. The lowest BCUT2D eigenvalue weighted by molar-refractivity contribution is -0.188. The number of nitrogens with zero attached hydrogens (tertiary/aromatic N) is 4. The van der Waals surface area contributed by atoms with Crippen LogP contribution in [0.3, 0.4) is 0 Å². The van der Waals surface area contributed by atoms with Gasteiger partial charge in [0.15, 0.2) is 11.5 Å². The number of benzene rings is 1. The Hall–Kier alpha value is -3.58. The van der Waals surface area contributed by atoms with Crippen LogP contribution in [0.25, 0.3) is 0 Å². The number of rotatable bonds is 13. The Morgan fingerprint density at radius 1 is 1.17 bits per heavy atom. The zero-order valence-corrected chi connectivity index (χ0v) is 24.2. The highest BCUT2D eigenvalue weighted by Gasteiger charge is 2.48. The van der Waals surface area contributed by atoms with E-state index in [1.807, 2.05) is 18.7 Å². The van der Waals surface area contributed by atoms with E-state index >= 15 is 0 Å². The molecule has 2 fully saturated rings. The fourth-order valence-electron chi connectivity index (χ4n) is 5.76. The molecule has 3 atom stereocenters. The number of likely N-dealkylation sites (tertiary alicyclic amines) is 1. The van der Waals surface area contributed by atoms with Gasteiger partial charge in [-0.2, -0.15) is 0 Å². The van der Waals surface area contributed by atoms with Crippen molar-refractivity contribution in [1.82, 2.24) is 19.8 Å². The number of ether oxygens (including phenoxy) is 3. The standard InChI is InChI=1S/C28H40N4O9/c1-5-9-32(41-12-6-2)24(34)16-30-15-19(18-13-21(38-4)26-22(14-18)39-17-40-26)25(27(35)36)20(30)7-11-31-23(33)8-10-29(3)28(31)37/h13-14,19-20,25H,5-12,15-17H2,1-4H3,(H,35,36)/t19-,20+,25?/m1/s1. The lowest BCUT2D eigenvalue weighted by Crippen LogP contribution is -2.52. The van der Waals surface area contributed by atoms with Crippen LogP contribution in [-0.2, 0) is 19.2 Å². The molecule has 0 aliphatic carbocycles. The van der Waals surface area contributed by atoms with Crippen LogP contribution in [0.15, 0.2) is 12.1 Å². The normalized spacial score (nSPS) is 22.4. The summed E-state index contributed by atoms with van der Waals surface area (Å²) >= 11 is 0. The number of imide groups is 1. The topological polar surface area (TPSA) is 138 Å². The molecule has 0 spiro atoms. The van der Waals surface area contributed by atoms with Gasteiger partial charge in [-0.1, -0.05) is 13.8 Å². The Morgan fingerprint density at radius 3 is 2.63 bits per heavy atom. The predicted molar refractivity (Wildman–Crippen MR) is 146 cm³/mol. The molecule has 3 aliphatic rings. The molecular formula is C28H40N4O9. The first kappa shape index (κ1) is 30.4. The Balaban J connectivity index is 1.65. The molecule has 0 saturated carbocycles. The van der Waals surface area contributed by atoms with Gasteiger partial charge in [-0.05, 0) is 37.0 Å². The van der Waals surface area contributed by atoms with Gasteiger partial charge in [0, 0.05) is 51.6 Å². The van der Waals surface area contributed by atoms with Crippen molar-refractivity contribution >= 4 is 23.8 Å². The van der Waals surface area contributed by atoms with E-state index in [-0.39, 0.29) is 51.1 Å². The van der Waals surface area contributed by atoms with E-state index in [4.69, 9.17) is 19.0 Å². The van der Waals surface area contributed by atoms with E-state index in [0.717, 1.165) is 6.42 Å². The minimum absolute atomic E-state index is 0.0305. The highest BCUT2D eigenvalue weighted by Crippen LogP contribution is 2.47. The SMILES string of the molecule is CCCON(CCC)C(=O)CN1C[C@H](c2cc(OC)c3c(c2)OCO3)C(C(=O)O)[C@@H]1CCN1C(=O)CCN(C)C1=O. The molecule has 1 unspecified atom stereocenters. The van der Waals surface area contributed by atoms with Crippen molar-refractivity contribution in [2.45, 2.75) is 51.5 Å². The van der Waals surface area contributed by atoms with Crippen LogP contribution in [0.1, 0.15) is 51.0 Å². The number of hydrogen-bond acceptors (Lipinski definition) is 9. The maximum Gasteiger partial charge on any atom is 0.326 e. The fourth-order valence-corrected chi connectivity index (χ4v) is 5.76. The van der Waals surface area contributed by atoms with Crippen LogP contribution >= 0.6 is 0 Å². The van der Waals surface area contributed by atoms with Gasteiger partial charge in [0.2, 0.25) is 18.4 Å². The molecule has 3 aliphatic heterocycles. The third-order valence-corrected chi connectivity index (χ3v) is 7.80. The van der Waals surface area contributed by atoms with Gasteiger partial charge in [-0.25, -0.2) is 9.86 Å². The minimum atomic E-state index is -1.03. The van der Waals surface area contributed by atoms with Gasteiger partial charge in [0.05, 0.1) is 26.2 Å². The second kappa shape index (κ2) is 13.4. The zero-order valence-electron chi connectivity index (χ0n) is 24.2. The highest BCUT2D eigenvalue weighted by atomic mass is 16.7. The van der Waals surface area contributed by atoms with Crippen LogP contribution in [0.5, 0.6) is 17.2 Å². The van der Waals surface area contributed by atoms with Crippen LogP contribution in [-0.4, -0.2) is 115 Å². The van der Waals surface area contributed by atoms with Crippen molar-refractivity contribution in [1.29, 1.82) is 0 Å². The predicted octanol–water partition coefficient (Wildman–Crippen LogP) is 2.15. The van der Waals surface area contributed by atoms with Crippen LogP contribution < -0.4 is 14.2 Å². The number of carboxylic acid groups (broad SMARTS) is 1. The minimum Gasteiger partial charge on any atom is -0.493 e. The van der Waals surface area contributed by atoms with Gasteiger partial charge >= 0.3 is 12.0 Å². The van der Waals surface area contributed by atoms with E-state index in [1.54, 1.807) is 19.2 Å². The third kappa shape index (κ3) is 6.51. The van der Waals surface area contributed by atoms with Crippen LogP contribution in [0, 0.1) is 5.92 Å². The van der Waals surface area contributed by atoms with Crippen LogP contribution in [0.4, 0.5) is 4.79 Å². The molecule has 0 aromatic heterocycles. The van der Waals surface area contributed by atoms with E-state index < -0.39 is 29.9 Å². The summed E-state index contributed by atoms with van der Waals surface area (Å²) in [7, 11) is 3.13. The maximum absolute atomic E-state index is 13.4. The molecule has 4 amide bonds. The molecule has 0 radical (unpaired) electrons. The molecule has 13 heteroatoms. The van der Waals surface area contributed by atoms with Crippen molar-refractivity contribution in [3.63, 3.8) is 0 Å². The molecule has 226 valence electrons. The summed E-state index contributed by atoms with van der Waals surface area (Å²) in [6.07, 6.45) is 1.83. The largest absolute Gasteiger partial charge is 0.493 e. The molecule has 2 saturated heterocycles. The van der Waals surface area contributed by atoms with Gasteiger partial charge < -0.3 is 24.2 Å². The molecule has 1 N–H and O–H groups in total. The first-order valence-electron chi connectivity index (χ1n) is 14.1. The maximum atomic E-state index is 13.4. The van der Waals surface area contributed by atoms with Gasteiger partial charge in [0.1, 0.15) is 0 Å². The lowest BCUT2D eigenvalue weighted by atomic mass is 9.84. The Labute approximate surface area is 239 Å². The van der Waals surface area contributed by atoms with E-state index in [1.165, 1.54) is 22.0 Å². The lowest BCUT2D eigenvalue weighted by Gasteiger charge is -2.34. The summed E-state index contributed by atoms with van der Waals surface area (Å²) in [5, 5.41) is 11.8. The third-order valence-electron chi connectivity index (χ3n) is 7.80. The fraction of sp³-hybridized carbons (Fsp3) is 0.643. The number of urea groups is 1. The monoisotopic (exact) mass is 576 g/mol. The number of carboxylic acids is 1. The average Bonchev–Trinajstić information content (AvgIpc) is 3.57. The number of amides is 4. The molecule has 41 heavy (non-hydrogen) atoms. The molecule has 0 bridgehead atoms. The first-order chi connectivity index (χ1) is 19.7. The summed E-state index contributed by atoms with van der Waals surface area (Å²) < 4.78 is 16.6. The molecule has 4 rings (SSSR count). The number of aliphatic carboxylic acids is 1. The van der Waals surface area contributed by atoms with Crippen LogP contribution in [0.2, 0.25) is 0 Å². The van der Waals surface area contributed by atoms with Crippen molar-refractivity contribution in [2.24, 2.45) is 5.92 Å². The number of carbonyl (C=O) groups excluding carboxylic acids is 3.